The van der Waals surface area contributed by atoms with Crippen molar-refractivity contribution >= 4 is 5.69 Å². The van der Waals surface area contributed by atoms with Gasteiger partial charge in [0, 0.05) is 0 Å². The predicted octanol–water partition coefficient (Wildman–Crippen LogP) is 5.38. The summed E-state index contributed by atoms with van der Waals surface area (Å²) in [5.41, 5.74) is 6.64. The lowest BCUT2D eigenvalue weighted by atomic mass is 10.0. The van der Waals surface area contributed by atoms with Crippen molar-refractivity contribution in [3.05, 3.63) is 65.7 Å². The van der Waals surface area contributed by atoms with Gasteiger partial charge in [-0.1, -0.05) is 63.2 Å². The van der Waals surface area contributed by atoms with E-state index < -0.39 is 0 Å². The van der Waals surface area contributed by atoms with E-state index in [-0.39, 0.29) is 6.10 Å². The van der Waals surface area contributed by atoms with Gasteiger partial charge in [0.05, 0.1) is 5.69 Å². The van der Waals surface area contributed by atoms with Crippen LogP contribution >= 0.6 is 0 Å². The molecule has 0 aromatic heterocycles. The Morgan fingerprint density at radius 3 is 2.19 bits per heavy atom. The maximum absolute atomic E-state index is 5.83. The number of benzene rings is 2. The molecular formula is C19H25NO. The summed E-state index contributed by atoms with van der Waals surface area (Å²) in [7, 11) is 0. The van der Waals surface area contributed by atoms with Crippen LogP contribution in [-0.2, 0) is 11.3 Å². The Morgan fingerprint density at radius 2 is 1.62 bits per heavy atom. The van der Waals surface area contributed by atoms with E-state index in [1.165, 1.54) is 11.1 Å². The van der Waals surface area contributed by atoms with E-state index in [4.69, 9.17) is 4.84 Å². The maximum atomic E-state index is 5.83. The third-order valence-electron chi connectivity index (χ3n) is 3.46. The Bertz CT molecular complexity index is 519. The first-order valence-corrected chi connectivity index (χ1v) is 7.74. The highest BCUT2D eigenvalue weighted by Gasteiger charge is 2.09. The van der Waals surface area contributed by atoms with Crippen molar-refractivity contribution in [1.82, 2.24) is 0 Å². The minimum Gasteiger partial charge on any atom is -0.268 e. The van der Waals surface area contributed by atoms with Crippen LogP contribution in [0, 0.1) is 5.92 Å². The fraction of sp³-hybridized carbons (Fsp3) is 0.368. The topological polar surface area (TPSA) is 21.3 Å². The van der Waals surface area contributed by atoms with Crippen LogP contribution in [0.4, 0.5) is 5.69 Å². The summed E-state index contributed by atoms with van der Waals surface area (Å²) >= 11 is 0. The highest BCUT2D eigenvalue weighted by Crippen LogP contribution is 2.22. The van der Waals surface area contributed by atoms with Gasteiger partial charge in [0.2, 0.25) is 0 Å². The summed E-state index contributed by atoms with van der Waals surface area (Å²) in [5.74, 6) is 0.683. The molecular weight excluding hydrogens is 258 g/mol. The second-order valence-corrected chi connectivity index (χ2v) is 5.82. The molecule has 112 valence electrons. The molecule has 0 bridgehead atoms. The molecule has 0 amide bonds. The molecule has 0 fully saturated rings. The van der Waals surface area contributed by atoms with Crippen molar-refractivity contribution in [2.24, 2.45) is 5.92 Å². The zero-order valence-corrected chi connectivity index (χ0v) is 13.2. The molecule has 2 aromatic rings. The molecule has 1 unspecified atom stereocenters. The molecule has 2 heteroatoms. The van der Waals surface area contributed by atoms with Gasteiger partial charge in [0.1, 0.15) is 6.10 Å². The van der Waals surface area contributed by atoms with Crippen LogP contribution < -0.4 is 5.48 Å². The average Bonchev–Trinajstić information content (AvgIpc) is 2.50. The first-order valence-electron chi connectivity index (χ1n) is 7.74. The van der Waals surface area contributed by atoms with Crippen molar-refractivity contribution in [2.45, 2.75) is 39.7 Å². The van der Waals surface area contributed by atoms with E-state index >= 15 is 0 Å². The summed E-state index contributed by atoms with van der Waals surface area (Å²) < 4.78 is 0. The second kappa shape index (κ2) is 7.84. The molecule has 2 nitrogen and oxygen atoms in total. The fourth-order valence-corrected chi connectivity index (χ4v) is 2.37. The third kappa shape index (κ3) is 4.91. The fourth-order valence-electron chi connectivity index (χ4n) is 2.37. The van der Waals surface area contributed by atoms with E-state index in [1.54, 1.807) is 0 Å². The molecule has 0 saturated heterocycles. The van der Waals surface area contributed by atoms with Crippen LogP contribution in [0.3, 0.4) is 0 Å². The largest absolute Gasteiger partial charge is 0.268 e. The van der Waals surface area contributed by atoms with Crippen LogP contribution in [0.1, 0.15) is 44.4 Å². The second-order valence-electron chi connectivity index (χ2n) is 5.82. The highest BCUT2D eigenvalue weighted by atomic mass is 16.7. The molecule has 0 heterocycles. The van der Waals surface area contributed by atoms with E-state index in [0.717, 1.165) is 18.5 Å². The Kier molecular flexibility index (Phi) is 5.82. The molecule has 0 spiro atoms. The van der Waals surface area contributed by atoms with Crippen molar-refractivity contribution in [2.75, 3.05) is 5.48 Å². The number of rotatable bonds is 7. The Balaban J connectivity index is 1.92. The molecule has 21 heavy (non-hydrogen) atoms. The first kappa shape index (κ1) is 15.6. The minimum absolute atomic E-state index is 0.0709. The van der Waals surface area contributed by atoms with E-state index in [0.29, 0.717) is 5.92 Å². The predicted molar refractivity (Wildman–Crippen MR) is 89.2 cm³/mol. The molecule has 1 N–H and O–H groups in total. The van der Waals surface area contributed by atoms with Crippen LogP contribution in [0.15, 0.2) is 54.6 Å². The van der Waals surface area contributed by atoms with E-state index in [2.05, 4.69) is 62.6 Å². The van der Waals surface area contributed by atoms with E-state index in [1.807, 2.05) is 18.2 Å². The SMILES string of the molecule is CCC(ONc1ccc(CC(C)C)cc1)c1ccccc1. The lowest BCUT2D eigenvalue weighted by Crippen LogP contribution is -2.09. The zero-order chi connectivity index (χ0) is 15.1. The molecule has 0 saturated carbocycles. The molecule has 0 aliphatic heterocycles. The van der Waals surface area contributed by atoms with Gasteiger partial charge in [-0.15, -0.1) is 0 Å². The average molecular weight is 283 g/mol. The summed E-state index contributed by atoms with van der Waals surface area (Å²) in [6, 6.07) is 18.8. The standard InChI is InChI=1S/C19H25NO/c1-4-19(17-8-6-5-7-9-17)21-20-18-12-10-16(11-13-18)14-15(2)3/h5-13,15,19-20H,4,14H2,1-3H3. The summed E-state index contributed by atoms with van der Waals surface area (Å²) in [6.45, 7) is 6.60. The molecule has 0 aliphatic carbocycles. The first-order chi connectivity index (χ1) is 10.2. The lowest BCUT2D eigenvalue weighted by Gasteiger charge is -2.17. The van der Waals surface area contributed by atoms with Crippen molar-refractivity contribution in [1.29, 1.82) is 0 Å². The summed E-state index contributed by atoms with van der Waals surface area (Å²) in [4.78, 5) is 5.83. The zero-order valence-electron chi connectivity index (χ0n) is 13.2. The molecule has 0 radical (unpaired) electrons. The van der Waals surface area contributed by atoms with Crippen LogP contribution in [0.25, 0.3) is 0 Å². The molecule has 0 aliphatic rings. The normalized spacial score (nSPS) is 12.4. The summed E-state index contributed by atoms with van der Waals surface area (Å²) in [5, 5.41) is 0. The lowest BCUT2D eigenvalue weighted by molar-refractivity contribution is 0.0970. The van der Waals surface area contributed by atoms with Gasteiger partial charge in [-0.05, 0) is 42.0 Å². The summed E-state index contributed by atoms with van der Waals surface area (Å²) in [6.07, 6.45) is 2.12. The van der Waals surface area contributed by atoms with Gasteiger partial charge in [0.15, 0.2) is 0 Å². The van der Waals surface area contributed by atoms with Crippen LogP contribution in [0.2, 0.25) is 0 Å². The molecule has 2 aromatic carbocycles. The van der Waals surface area contributed by atoms with Gasteiger partial charge >= 0.3 is 0 Å². The van der Waals surface area contributed by atoms with Crippen LogP contribution in [-0.4, -0.2) is 0 Å². The highest BCUT2D eigenvalue weighted by molar-refractivity contribution is 5.42. The van der Waals surface area contributed by atoms with Gasteiger partial charge in [-0.3, -0.25) is 10.3 Å². The Hall–Kier alpha value is -1.80. The van der Waals surface area contributed by atoms with Gasteiger partial charge in [-0.25, -0.2) is 0 Å². The molecule has 1 atom stereocenters. The van der Waals surface area contributed by atoms with Crippen molar-refractivity contribution in [3.63, 3.8) is 0 Å². The number of nitrogens with one attached hydrogen (secondary N) is 1. The molecule has 2 rings (SSSR count). The number of anilines is 1. The Morgan fingerprint density at radius 1 is 0.952 bits per heavy atom. The number of hydrogen-bond acceptors (Lipinski definition) is 2. The van der Waals surface area contributed by atoms with Crippen molar-refractivity contribution in [3.8, 4) is 0 Å². The monoisotopic (exact) mass is 283 g/mol. The smallest absolute Gasteiger partial charge is 0.110 e. The third-order valence-corrected chi connectivity index (χ3v) is 3.46. The number of hydrogen-bond donors (Lipinski definition) is 1. The van der Waals surface area contributed by atoms with Gasteiger partial charge in [0.25, 0.3) is 0 Å². The quantitative estimate of drug-likeness (QED) is 0.689. The van der Waals surface area contributed by atoms with Gasteiger partial charge < -0.3 is 0 Å². The van der Waals surface area contributed by atoms with E-state index in [9.17, 15) is 0 Å². The Labute approximate surface area is 128 Å². The minimum atomic E-state index is 0.0709. The van der Waals surface area contributed by atoms with Crippen molar-refractivity contribution < 1.29 is 4.84 Å². The van der Waals surface area contributed by atoms with Crippen LogP contribution in [0.5, 0.6) is 0 Å². The maximum Gasteiger partial charge on any atom is 0.110 e. The van der Waals surface area contributed by atoms with Gasteiger partial charge in [-0.2, -0.15) is 0 Å².